The minimum atomic E-state index is -1.00. The van der Waals surface area contributed by atoms with Crippen LogP contribution in [0.5, 0.6) is 23.0 Å². The van der Waals surface area contributed by atoms with E-state index in [0.29, 0.717) is 39.3 Å². The van der Waals surface area contributed by atoms with E-state index in [9.17, 15) is 18.8 Å². The maximum Gasteiger partial charge on any atom is 0.351 e. The van der Waals surface area contributed by atoms with Crippen molar-refractivity contribution in [3.8, 4) is 28.7 Å². The van der Waals surface area contributed by atoms with Crippen LogP contribution in [0.2, 0.25) is 0 Å². The predicted octanol–water partition coefficient (Wildman–Crippen LogP) is 5.70. The Bertz CT molecular complexity index is 2180. The number of methoxy groups -OCH3 is 1. The number of benzene rings is 3. The average Bonchev–Trinajstić information content (AvgIpc) is 3.12. The smallest absolute Gasteiger partial charge is 0.351 e. The first kappa shape index (κ1) is 35.2. The Morgan fingerprint density at radius 1 is 0.961 bits per heavy atom. The van der Waals surface area contributed by atoms with Gasteiger partial charge in [-0.3, -0.25) is 19.1 Å². The number of halogens is 2. The summed E-state index contributed by atoms with van der Waals surface area (Å²) in [5.41, 5.74) is -1.96. The molecule has 0 saturated carbocycles. The first-order valence-corrected chi connectivity index (χ1v) is 16.7. The van der Waals surface area contributed by atoms with E-state index < -0.39 is 34.5 Å². The van der Waals surface area contributed by atoms with E-state index >= 15 is 4.39 Å². The van der Waals surface area contributed by atoms with Crippen LogP contribution in [0.3, 0.4) is 0 Å². The monoisotopic (exact) mass is 700 g/mol. The van der Waals surface area contributed by atoms with Gasteiger partial charge in [-0.05, 0) is 93.7 Å². The molecule has 1 fully saturated rings. The minimum absolute atomic E-state index is 0.00854. The number of carbonyl (C=O) groups excluding carboxylic acids is 1. The number of pyridine rings is 1. The Morgan fingerprint density at radius 3 is 2.51 bits per heavy atom. The third-order valence-electron chi connectivity index (χ3n) is 8.84. The maximum atomic E-state index is 15.4. The van der Waals surface area contributed by atoms with Gasteiger partial charge in [-0.15, -0.1) is 0 Å². The van der Waals surface area contributed by atoms with Crippen LogP contribution >= 0.6 is 0 Å². The molecule has 14 heteroatoms. The molecule has 1 aliphatic heterocycles. The third-order valence-corrected chi connectivity index (χ3v) is 8.84. The van der Waals surface area contributed by atoms with Crippen molar-refractivity contribution in [2.75, 3.05) is 38.7 Å². The van der Waals surface area contributed by atoms with E-state index in [2.05, 4.69) is 27.2 Å². The zero-order chi connectivity index (χ0) is 36.1. The van der Waals surface area contributed by atoms with Crippen LogP contribution < -0.4 is 30.8 Å². The highest BCUT2D eigenvalue weighted by molar-refractivity contribution is 6.02. The fourth-order valence-electron chi connectivity index (χ4n) is 5.86. The lowest BCUT2D eigenvalue weighted by molar-refractivity contribution is 0.101. The van der Waals surface area contributed by atoms with Crippen molar-refractivity contribution in [3.63, 3.8) is 0 Å². The summed E-state index contributed by atoms with van der Waals surface area (Å²) < 4.78 is 48.2. The fraction of sp³-hybridized carbons (Fsp3) is 0.324. The number of likely N-dealkylation sites (tertiary alicyclic amines) is 1. The summed E-state index contributed by atoms with van der Waals surface area (Å²) in [5, 5.41) is 6.86. The molecule has 1 amide bonds. The van der Waals surface area contributed by atoms with E-state index in [1.165, 1.54) is 56.5 Å². The van der Waals surface area contributed by atoms with Crippen molar-refractivity contribution >= 4 is 22.5 Å². The molecule has 1 aliphatic rings. The van der Waals surface area contributed by atoms with E-state index in [-0.39, 0.29) is 17.1 Å². The summed E-state index contributed by atoms with van der Waals surface area (Å²) in [6, 6.07) is 13.7. The molecule has 0 unspecified atom stereocenters. The van der Waals surface area contributed by atoms with Crippen molar-refractivity contribution in [1.82, 2.24) is 24.2 Å². The van der Waals surface area contributed by atoms with Crippen LogP contribution in [0.1, 0.15) is 43.1 Å². The van der Waals surface area contributed by atoms with E-state index in [1.807, 2.05) is 0 Å². The van der Waals surface area contributed by atoms with Gasteiger partial charge in [-0.1, -0.05) is 13.0 Å². The quantitative estimate of drug-likeness (QED) is 0.163. The highest BCUT2D eigenvalue weighted by Gasteiger charge is 2.21. The zero-order valence-corrected chi connectivity index (χ0v) is 28.5. The fourth-order valence-corrected chi connectivity index (χ4v) is 5.86. The maximum absolute atomic E-state index is 15.4. The molecule has 1 N–H and O–H groups in total. The number of carbonyl (C=O) groups is 1. The molecule has 266 valence electrons. The van der Waals surface area contributed by atoms with Crippen molar-refractivity contribution in [2.45, 2.75) is 32.6 Å². The second kappa shape index (κ2) is 15.5. The van der Waals surface area contributed by atoms with E-state index in [0.717, 1.165) is 62.3 Å². The summed E-state index contributed by atoms with van der Waals surface area (Å²) in [6.07, 6.45) is 5.98. The van der Waals surface area contributed by atoms with Crippen molar-refractivity contribution in [2.24, 2.45) is 13.0 Å². The number of amides is 1. The van der Waals surface area contributed by atoms with Crippen LogP contribution in [0.15, 0.2) is 76.4 Å². The molecule has 1 saturated heterocycles. The molecule has 3 heterocycles. The number of hydrogen-bond acceptors (Lipinski definition) is 9. The Kier molecular flexibility index (Phi) is 10.7. The summed E-state index contributed by atoms with van der Waals surface area (Å²) in [4.78, 5) is 45.4. The third kappa shape index (κ3) is 8.07. The molecule has 0 atom stereocenters. The molecule has 0 bridgehead atoms. The van der Waals surface area contributed by atoms with Gasteiger partial charge in [0, 0.05) is 36.5 Å². The average molecular weight is 701 g/mol. The van der Waals surface area contributed by atoms with Gasteiger partial charge in [0.15, 0.2) is 23.1 Å². The molecule has 0 spiro atoms. The van der Waals surface area contributed by atoms with Gasteiger partial charge < -0.3 is 24.4 Å². The molecule has 2 aromatic heterocycles. The van der Waals surface area contributed by atoms with Gasteiger partial charge in [0.1, 0.15) is 11.6 Å². The molecule has 5 aromatic rings. The number of anilines is 1. The lowest BCUT2D eigenvalue weighted by Crippen LogP contribution is -2.43. The SMILES string of the molecule is COc1cc2c(Oc3ccc(NC(=O)c4nn(-c5cccc(F)c5)c(=O)n(C)c4=O)cc3F)ccnc2cc1OCCCCN1CCC(C)CC1. The zero-order valence-electron chi connectivity index (χ0n) is 28.5. The van der Waals surface area contributed by atoms with Crippen LogP contribution in [0, 0.1) is 17.6 Å². The number of nitrogens with one attached hydrogen (secondary N) is 1. The molecule has 0 aliphatic carbocycles. The standard InChI is InChI=1S/C37H38F2N6O6/c1-23-12-16-44(17-13-23)15-4-5-18-50-33-22-29-27(21-32(33)49-3)30(11-14-40-29)51-31-10-9-25(20-28(31)39)41-35(46)34-36(47)43(2)37(48)45(42-34)26-8-6-7-24(38)19-26/h6-11,14,19-23H,4-5,12-13,15-18H2,1-3H3,(H,41,46). The van der Waals surface area contributed by atoms with Crippen molar-refractivity contribution in [3.05, 3.63) is 105 Å². The molecular weight excluding hydrogens is 662 g/mol. The Labute approximate surface area is 292 Å². The highest BCUT2D eigenvalue weighted by Crippen LogP contribution is 2.38. The number of fused-ring (bicyclic) bond motifs is 1. The van der Waals surface area contributed by atoms with Crippen LogP contribution in [0.25, 0.3) is 16.6 Å². The summed E-state index contributed by atoms with van der Waals surface area (Å²) in [5.74, 6) is -0.459. The molecule has 6 rings (SSSR count). The Balaban J connectivity index is 1.14. The summed E-state index contributed by atoms with van der Waals surface area (Å²) >= 11 is 0. The minimum Gasteiger partial charge on any atom is -0.493 e. The second-order valence-corrected chi connectivity index (χ2v) is 12.5. The summed E-state index contributed by atoms with van der Waals surface area (Å²) in [6.45, 7) is 6.20. The first-order chi connectivity index (χ1) is 24.6. The normalized spacial score (nSPS) is 13.7. The van der Waals surface area contributed by atoms with Gasteiger partial charge in [0.25, 0.3) is 11.5 Å². The van der Waals surface area contributed by atoms with Crippen molar-refractivity contribution in [1.29, 1.82) is 0 Å². The Morgan fingerprint density at radius 2 is 1.76 bits per heavy atom. The topological polar surface area (TPSA) is 130 Å². The number of unbranched alkanes of at least 4 members (excludes halogenated alkanes) is 1. The van der Waals surface area contributed by atoms with Gasteiger partial charge in [0.2, 0.25) is 5.69 Å². The molecule has 3 aromatic carbocycles. The van der Waals surface area contributed by atoms with Crippen LogP contribution in [0.4, 0.5) is 14.5 Å². The largest absolute Gasteiger partial charge is 0.493 e. The van der Waals surface area contributed by atoms with Gasteiger partial charge in [-0.2, -0.15) is 9.78 Å². The lowest BCUT2D eigenvalue weighted by Gasteiger charge is -2.30. The van der Waals surface area contributed by atoms with Gasteiger partial charge in [0.05, 0.1) is 24.9 Å². The van der Waals surface area contributed by atoms with Gasteiger partial charge >= 0.3 is 5.69 Å². The molecule has 51 heavy (non-hydrogen) atoms. The number of piperidine rings is 1. The van der Waals surface area contributed by atoms with E-state index in [1.54, 1.807) is 18.2 Å². The molecule has 0 radical (unpaired) electrons. The van der Waals surface area contributed by atoms with Crippen LogP contribution in [-0.4, -0.2) is 63.5 Å². The number of rotatable bonds is 12. The number of hydrogen-bond donors (Lipinski definition) is 1. The number of ether oxygens (including phenoxy) is 3. The van der Waals surface area contributed by atoms with E-state index in [4.69, 9.17) is 14.2 Å². The highest BCUT2D eigenvalue weighted by atomic mass is 19.1. The first-order valence-electron chi connectivity index (χ1n) is 16.7. The number of aromatic nitrogens is 4. The molecule has 12 nitrogen and oxygen atoms in total. The Hall–Kier alpha value is -5.63. The predicted molar refractivity (Wildman–Crippen MR) is 187 cm³/mol. The lowest BCUT2D eigenvalue weighted by atomic mass is 9.99. The van der Waals surface area contributed by atoms with Gasteiger partial charge in [-0.25, -0.2) is 13.6 Å². The number of nitrogens with zero attached hydrogens (tertiary/aromatic N) is 5. The summed E-state index contributed by atoms with van der Waals surface area (Å²) in [7, 11) is 2.70. The molecular formula is C37H38F2N6O6. The second-order valence-electron chi connectivity index (χ2n) is 12.5. The van der Waals surface area contributed by atoms with Crippen molar-refractivity contribution < 1.29 is 27.8 Å². The van der Waals surface area contributed by atoms with Crippen LogP contribution in [-0.2, 0) is 7.05 Å².